The van der Waals surface area contributed by atoms with E-state index in [1.807, 2.05) is 6.07 Å². The molecular formula is C17H22N2O5. The van der Waals surface area contributed by atoms with Gasteiger partial charge in [-0.2, -0.15) is 0 Å². The SMILES string of the molecule is O=[N+]([O-])c1cccc([C@@H]2OC[C@@]3(CO)COC4(CCCCC4)N23)c1. The molecule has 3 fully saturated rings. The van der Waals surface area contributed by atoms with Gasteiger partial charge in [0.1, 0.15) is 12.0 Å². The van der Waals surface area contributed by atoms with E-state index >= 15 is 0 Å². The van der Waals surface area contributed by atoms with E-state index in [2.05, 4.69) is 4.90 Å². The molecule has 0 aromatic heterocycles. The van der Waals surface area contributed by atoms with E-state index in [4.69, 9.17) is 9.47 Å². The first-order valence-electron chi connectivity index (χ1n) is 8.51. The number of non-ortho nitro benzene ring substituents is 1. The largest absolute Gasteiger partial charge is 0.394 e. The van der Waals surface area contributed by atoms with E-state index in [0.717, 1.165) is 31.2 Å². The monoisotopic (exact) mass is 334 g/mol. The van der Waals surface area contributed by atoms with Gasteiger partial charge in [0.25, 0.3) is 5.69 Å². The summed E-state index contributed by atoms with van der Waals surface area (Å²) in [5.41, 5.74) is -0.176. The van der Waals surface area contributed by atoms with E-state index in [9.17, 15) is 15.2 Å². The highest BCUT2D eigenvalue weighted by Gasteiger charge is 2.62. The van der Waals surface area contributed by atoms with Gasteiger partial charge in [-0.25, -0.2) is 4.90 Å². The number of aliphatic hydroxyl groups is 1. The Balaban J connectivity index is 1.73. The zero-order valence-electron chi connectivity index (χ0n) is 13.5. The molecule has 3 aliphatic rings. The predicted molar refractivity (Wildman–Crippen MR) is 85.2 cm³/mol. The van der Waals surface area contributed by atoms with E-state index in [-0.39, 0.29) is 12.3 Å². The van der Waals surface area contributed by atoms with Gasteiger partial charge in [0.05, 0.1) is 30.3 Å². The van der Waals surface area contributed by atoms with Crippen LogP contribution in [0.1, 0.15) is 43.9 Å². The molecule has 4 rings (SSSR count). The molecule has 1 aliphatic carbocycles. The number of nitro benzene ring substituents is 1. The molecule has 2 atom stereocenters. The molecule has 2 saturated heterocycles. The number of hydrogen-bond donors (Lipinski definition) is 1. The van der Waals surface area contributed by atoms with Gasteiger partial charge >= 0.3 is 0 Å². The number of aliphatic hydroxyl groups excluding tert-OH is 1. The lowest BCUT2D eigenvalue weighted by Gasteiger charge is -2.44. The van der Waals surface area contributed by atoms with E-state index < -0.39 is 22.4 Å². The number of rotatable bonds is 3. The maximum absolute atomic E-state index is 11.1. The lowest BCUT2D eigenvalue weighted by molar-refractivity contribution is -0.385. The third kappa shape index (κ3) is 2.27. The average Bonchev–Trinajstić information content (AvgIpc) is 3.14. The molecule has 0 bridgehead atoms. The van der Waals surface area contributed by atoms with Crippen molar-refractivity contribution >= 4 is 5.69 Å². The zero-order chi connectivity index (χ0) is 16.8. The second-order valence-corrected chi connectivity index (χ2v) is 7.06. The van der Waals surface area contributed by atoms with Crippen LogP contribution in [0.4, 0.5) is 5.69 Å². The molecule has 2 heterocycles. The normalized spacial score (nSPS) is 32.1. The zero-order valence-corrected chi connectivity index (χ0v) is 13.5. The van der Waals surface area contributed by atoms with Gasteiger partial charge in [0, 0.05) is 17.7 Å². The highest BCUT2D eigenvalue weighted by atomic mass is 16.6. The second kappa shape index (κ2) is 5.77. The molecule has 1 aromatic rings. The average molecular weight is 334 g/mol. The van der Waals surface area contributed by atoms with Gasteiger partial charge in [-0.1, -0.05) is 18.6 Å². The summed E-state index contributed by atoms with van der Waals surface area (Å²) in [5.74, 6) is 0. The van der Waals surface area contributed by atoms with Crippen LogP contribution in [0.15, 0.2) is 24.3 Å². The Labute approximate surface area is 140 Å². The Kier molecular flexibility index (Phi) is 3.84. The summed E-state index contributed by atoms with van der Waals surface area (Å²) in [6.07, 6.45) is 4.75. The van der Waals surface area contributed by atoms with Crippen molar-refractivity contribution in [3.63, 3.8) is 0 Å². The fourth-order valence-electron chi connectivity index (χ4n) is 4.42. The first-order valence-corrected chi connectivity index (χ1v) is 8.51. The van der Waals surface area contributed by atoms with Crippen molar-refractivity contribution in [1.29, 1.82) is 0 Å². The maximum Gasteiger partial charge on any atom is 0.269 e. The van der Waals surface area contributed by atoms with Crippen LogP contribution in [0.5, 0.6) is 0 Å². The van der Waals surface area contributed by atoms with Crippen molar-refractivity contribution in [3.8, 4) is 0 Å². The van der Waals surface area contributed by atoms with Crippen LogP contribution in [0, 0.1) is 10.1 Å². The fraction of sp³-hybridized carbons (Fsp3) is 0.647. The number of hydrogen-bond acceptors (Lipinski definition) is 6. The number of fused-ring (bicyclic) bond motifs is 2. The number of nitro groups is 1. The van der Waals surface area contributed by atoms with Crippen LogP contribution in [0.3, 0.4) is 0 Å². The predicted octanol–water partition coefficient (Wildman–Crippen LogP) is 2.35. The van der Waals surface area contributed by atoms with Crippen molar-refractivity contribution in [2.75, 3.05) is 19.8 Å². The molecule has 130 valence electrons. The van der Waals surface area contributed by atoms with Crippen LogP contribution in [0.2, 0.25) is 0 Å². The van der Waals surface area contributed by atoms with Crippen LogP contribution >= 0.6 is 0 Å². The van der Waals surface area contributed by atoms with Crippen molar-refractivity contribution in [2.45, 2.75) is 49.6 Å². The van der Waals surface area contributed by atoms with E-state index in [0.29, 0.717) is 13.2 Å². The molecule has 1 N–H and O–H groups in total. The van der Waals surface area contributed by atoms with Gasteiger partial charge in [-0.05, 0) is 25.7 Å². The van der Waals surface area contributed by atoms with Crippen molar-refractivity contribution in [1.82, 2.24) is 4.90 Å². The molecule has 1 saturated carbocycles. The minimum absolute atomic E-state index is 0.0415. The molecule has 0 radical (unpaired) electrons. The lowest BCUT2D eigenvalue weighted by atomic mass is 9.88. The van der Waals surface area contributed by atoms with Gasteiger partial charge in [-0.15, -0.1) is 0 Å². The quantitative estimate of drug-likeness (QED) is 0.675. The number of ether oxygens (including phenoxy) is 2. The summed E-state index contributed by atoms with van der Waals surface area (Å²) in [5, 5.41) is 21.1. The Morgan fingerprint density at radius 2 is 2.08 bits per heavy atom. The first-order chi connectivity index (χ1) is 11.6. The van der Waals surface area contributed by atoms with Gasteiger partial charge in [0.2, 0.25) is 0 Å². The van der Waals surface area contributed by atoms with Gasteiger partial charge in [-0.3, -0.25) is 10.1 Å². The van der Waals surface area contributed by atoms with Crippen LogP contribution < -0.4 is 0 Å². The van der Waals surface area contributed by atoms with Crippen LogP contribution in [-0.2, 0) is 9.47 Å². The topological polar surface area (TPSA) is 85.1 Å². The molecule has 7 heteroatoms. The van der Waals surface area contributed by atoms with Crippen molar-refractivity contribution < 1.29 is 19.5 Å². The molecule has 2 aliphatic heterocycles. The molecule has 0 unspecified atom stereocenters. The lowest BCUT2D eigenvalue weighted by Crippen LogP contribution is -2.55. The molecule has 1 aromatic carbocycles. The number of nitrogens with zero attached hydrogens (tertiary/aromatic N) is 2. The third-order valence-electron chi connectivity index (χ3n) is 5.60. The van der Waals surface area contributed by atoms with Crippen LogP contribution in [0.25, 0.3) is 0 Å². The standard InChI is InChI=1S/C17H22N2O5/c20-10-16-11-23-15(13-5-4-6-14(9-13)19(21)22)18(16)17(24-12-16)7-2-1-3-8-17/h4-6,9,15,20H,1-3,7-8,10-12H2/t15-,16-/m0/s1. The molecule has 1 spiro atoms. The molecule has 7 nitrogen and oxygen atoms in total. The molecule has 24 heavy (non-hydrogen) atoms. The van der Waals surface area contributed by atoms with Crippen molar-refractivity contribution in [3.05, 3.63) is 39.9 Å². The Morgan fingerprint density at radius 1 is 1.29 bits per heavy atom. The van der Waals surface area contributed by atoms with E-state index in [1.54, 1.807) is 12.1 Å². The Hall–Kier alpha value is -1.54. The smallest absolute Gasteiger partial charge is 0.269 e. The molecule has 0 amide bonds. The summed E-state index contributed by atoms with van der Waals surface area (Å²) >= 11 is 0. The minimum Gasteiger partial charge on any atom is -0.394 e. The second-order valence-electron chi connectivity index (χ2n) is 7.06. The Bertz CT molecular complexity index is 646. The van der Waals surface area contributed by atoms with Crippen molar-refractivity contribution in [2.24, 2.45) is 0 Å². The maximum atomic E-state index is 11.1. The molecular weight excluding hydrogens is 312 g/mol. The van der Waals surface area contributed by atoms with Crippen LogP contribution in [-0.4, -0.2) is 46.0 Å². The third-order valence-corrected chi connectivity index (χ3v) is 5.60. The Morgan fingerprint density at radius 3 is 2.79 bits per heavy atom. The van der Waals surface area contributed by atoms with E-state index in [1.165, 1.54) is 12.5 Å². The van der Waals surface area contributed by atoms with Gasteiger partial charge in [0.15, 0.2) is 0 Å². The summed E-state index contributed by atoms with van der Waals surface area (Å²) in [6, 6.07) is 6.57. The first kappa shape index (κ1) is 16.0. The summed E-state index contributed by atoms with van der Waals surface area (Å²) < 4.78 is 12.3. The highest BCUT2D eigenvalue weighted by Crippen LogP contribution is 2.53. The van der Waals surface area contributed by atoms with Gasteiger partial charge < -0.3 is 14.6 Å². The fourth-order valence-corrected chi connectivity index (χ4v) is 4.42. The summed E-state index contributed by atoms with van der Waals surface area (Å²) in [4.78, 5) is 12.9. The summed E-state index contributed by atoms with van der Waals surface area (Å²) in [6.45, 7) is 0.772. The summed E-state index contributed by atoms with van der Waals surface area (Å²) in [7, 11) is 0. The number of benzene rings is 1. The minimum atomic E-state index is -0.549. The highest BCUT2D eigenvalue weighted by molar-refractivity contribution is 5.36.